The molecule has 376 valence electrons. The average molecular weight is 1010 g/mol. The lowest BCUT2D eigenvalue weighted by Gasteiger charge is -2.06. The molecule has 20 nitrogen and oxygen atoms in total. The molecule has 0 aliphatic carbocycles. The number of ether oxygens (including phenoxy) is 4. The zero-order valence-electron chi connectivity index (χ0n) is 40.1. The molecule has 0 atom stereocenters. The van der Waals surface area contributed by atoms with Gasteiger partial charge in [-0.05, 0) is 123 Å². The number of halogens is 1. The first kappa shape index (κ1) is 54.8. The van der Waals surface area contributed by atoms with Crippen LogP contribution in [0.1, 0.15) is 74.7 Å². The van der Waals surface area contributed by atoms with E-state index in [0.717, 1.165) is 27.4 Å². The smallest absolute Gasteiger partial charge is 0.409 e. The Morgan fingerprint density at radius 2 is 1.08 bits per heavy atom. The Kier molecular flexibility index (Phi) is 21.4. The van der Waals surface area contributed by atoms with Crippen LogP contribution in [0.3, 0.4) is 0 Å². The van der Waals surface area contributed by atoms with Gasteiger partial charge in [-0.1, -0.05) is 18.2 Å². The first-order valence-corrected chi connectivity index (χ1v) is 22.8. The minimum absolute atomic E-state index is 0.163. The summed E-state index contributed by atoms with van der Waals surface area (Å²) in [5, 5.41) is 19.9. The van der Waals surface area contributed by atoms with Crippen LogP contribution in [-0.2, 0) is 27.3 Å². The number of para-hydroxylation sites is 1. The minimum Gasteiger partial charge on any atom is -0.462 e. The van der Waals surface area contributed by atoms with Gasteiger partial charge in [-0.2, -0.15) is 20.0 Å². The highest BCUT2D eigenvalue weighted by Crippen LogP contribution is 2.19. The van der Waals surface area contributed by atoms with Gasteiger partial charge in [0.25, 0.3) is 0 Å². The highest BCUT2D eigenvalue weighted by molar-refractivity contribution is 6.61. The normalized spacial score (nSPS) is 10.1. The summed E-state index contributed by atoms with van der Waals surface area (Å²) in [5.74, 6) is -0.763. The third-order valence-corrected chi connectivity index (χ3v) is 9.80. The second-order valence-electron chi connectivity index (χ2n) is 14.7. The number of carbonyl (C=O) groups is 6. The van der Waals surface area contributed by atoms with Crippen LogP contribution >= 0.6 is 11.6 Å². The third-order valence-electron chi connectivity index (χ3n) is 9.72. The molecule has 73 heavy (non-hydrogen) atoms. The lowest BCUT2D eigenvalue weighted by atomic mass is 10.1. The molecular formula is C52H51ClN10O10. The summed E-state index contributed by atoms with van der Waals surface area (Å²) in [4.78, 5) is 76.1. The van der Waals surface area contributed by atoms with Gasteiger partial charge in [0.15, 0.2) is 0 Å². The Morgan fingerprint density at radius 3 is 1.56 bits per heavy atom. The number of nitrogens with zero attached hydrogens (tertiary/aromatic N) is 7. The van der Waals surface area contributed by atoms with Crippen molar-refractivity contribution in [2.45, 2.75) is 40.8 Å². The van der Waals surface area contributed by atoms with Crippen molar-refractivity contribution < 1.29 is 47.7 Å². The maximum Gasteiger partial charge on any atom is 0.409 e. The van der Waals surface area contributed by atoms with Crippen LogP contribution in [0.15, 0.2) is 153 Å². The van der Waals surface area contributed by atoms with Crippen LogP contribution in [-0.4, -0.2) is 94.8 Å². The van der Waals surface area contributed by atoms with Crippen molar-refractivity contribution in [2.75, 3.05) is 19.8 Å². The minimum atomic E-state index is -0.814. The predicted molar refractivity (Wildman–Crippen MR) is 272 cm³/mol. The number of pyridine rings is 2. The van der Waals surface area contributed by atoms with Crippen LogP contribution < -0.4 is 15.8 Å². The van der Waals surface area contributed by atoms with Crippen molar-refractivity contribution in [1.29, 1.82) is 0 Å². The molecule has 0 aliphatic rings. The molecule has 0 unspecified atom stereocenters. The van der Waals surface area contributed by atoms with E-state index in [0.29, 0.717) is 71.8 Å². The zero-order valence-corrected chi connectivity index (χ0v) is 40.9. The van der Waals surface area contributed by atoms with Crippen molar-refractivity contribution >= 4 is 79.6 Å². The average Bonchev–Trinajstić information content (AvgIpc) is 4.18. The number of nitrogens with one attached hydrogen (secondary N) is 2. The number of nitrogens with two attached hydrogens (primary N) is 1. The standard InChI is InChI=1S/C17H16N4O3.C12H12N2O3.C10H10N2O2.C7H5ClO2.C6H8N2/c1-2-24-16(22)13-3-4-15-14(9-13)11-20-21(15)17(23)19-10-12-5-7-18-8-6-12;1-3-17-12(16)9-4-5-11-10(6-9)7-13-14(11)8(2)15;1-2-14-10(13)7-3-4-9-8(5-7)6-11-12-9;8-7(9)10-6-4-2-1-3-5-6;7-5-6-1-3-8-4-2-6/h3-9,11H,2,10H2,1H3,(H,19,23);4-7H,3H2,1-2H3;3-6H,2H2,1H3,(H,11,12);1-5H;1-4H,5,7H2. The van der Waals surface area contributed by atoms with Crippen molar-refractivity contribution in [1.82, 2.24) is 45.0 Å². The fourth-order valence-electron chi connectivity index (χ4n) is 6.30. The molecule has 5 heterocycles. The van der Waals surface area contributed by atoms with E-state index in [9.17, 15) is 28.8 Å². The molecule has 0 saturated carbocycles. The molecule has 4 N–H and O–H groups in total. The number of amides is 1. The zero-order chi connectivity index (χ0) is 52.5. The Bertz CT molecular complexity index is 3240. The van der Waals surface area contributed by atoms with E-state index in [4.69, 9.17) is 31.5 Å². The number of aromatic amines is 1. The molecule has 4 aromatic carbocycles. The van der Waals surface area contributed by atoms with Crippen LogP contribution in [0.2, 0.25) is 0 Å². The van der Waals surface area contributed by atoms with Gasteiger partial charge in [0, 0.05) is 72.6 Å². The first-order valence-electron chi connectivity index (χ1n) is 22.4. The SMILES string of the molecule is CCOC(=O)c1ccc2[nH]ncc2c1.CCOC(=O)c1ccc2c(cnn2C(=O)NCc2ccncc2)c1.CCOC(=O)c1ccc2c(cnn2C(C)=O)c1.NCc1ccncc1.O=C(Cl)Oc1ccccc1. The summed E-state index contributed by atoms with van der Waals surface area (Å²) in [7, 11) is 0. The number of fused-ring (bicyclic) bond motifs is 3. The molecule has 9 aromatic rings. The van der Waals surface area contributed by atoms with E-state index in [1.807, 2.05) is 36.4 Å². The van der Waals surface area contributed by atoms with E-state index in [1.165, 1.54) is 16.3 Å². The van der Waals surface area contributed by atoms with Gasteiger partial charge in [0.2, 0.25) is 5.91 Å². The Labute approximate surface area is 423 Å². The number of aromatic nitrogens is 8. The first-order chi connectivity index (χ1) is 35.3. The van der Waals surface area contributed by atoms with Gasteiger partial charge in [-0.15, -0.1) is 0 Å². The molecule has 1 amide bonds. The molecular weight excluding hydrogens is 960 g/mol. The molecule has 21 heteroatoms. The van der Waals surface area contributed by atoms with E-state index in [2.05, 4.69) is 40.4 Å². The number of hydrogen-bond acceptors (Lipinski definition) is 16. The van der Waals surface area contributed by atoms with E-state index in [-0.39, 0.29) is 23.9 Å². The summed E-state index contributed by atoms with van der Waals surface area (Å²) >= 11 is 4.95. The summed E-state index contributed by atoms with van der Waals surface area (Å²) in [6.45, 7) is 8.75. The maximum atomic E-state index is 12.3. The largest absolute Gasteiger partial charge is 0.462 e. The number of hydrogen-bond donors (Lipinski definition) is 3. The van der Waals surface area contributed by atoms with Gasteiger partial charge < -0.3 is 30.0 Å². The fraction of sp³-hybridized carbons (Fsp3) is 0.173. The van der Waals surface area contributed by atoms with Gasteiger partial charge in [-0.3, -0.25) is 19.9 Å². The predicted octanol–water partition coefficient (Wildman–Crippen LogP) is 8.94. The lowest BCUT2D eigenvalue weighted by Crippen LogP contribution is -2.28. The lowest BCUT2D eigenvalue weighted by molar-refractivity contribution is 0.0517. The number of rotatable bonds is 10. The maximum absolute atomic E-state index is 12.3. The van der Waals surface area contributed by atoms with Gasteiger partial charge in [0.1, 0.15) is 5.75 Å². The summed E-state index contributed by atoms with van der Waals surface area (Å²) in [5.41, 5.74) is 10.2. The highest BCUT2D eigenvalue weighted by Gasteiger charge is 2.14. The van der Waals surface area contributed by atoms with Crippen LogP contribution in [0.25, 0.3) is 32.7 Å². The number of benzene rings is 4. The van der Waals surface area contributed by atoms with Crippen LogP contribution in [0.5, 0.6) is 5.75 Å². The summed E-state index contributed by atoms with van der Waals surface area (Å²) in [6.07, 6.45) is 11.6. The van der Waals surface area contributed by atoms with Crippen molar-refractivity contribution in [3.8, 4) is 5.75 Å². The van der Waals surface area contributed by atoms with Gasteiger partial charge in [0.05, 0.1) is 71.7 Å². The third kappa shape index (κ3) is 16.8. The van der Waals surface area contributed by atoms with Gasteiger partial charge >= 0.3 is 29.4 Å². The molecule has 0 aliphatic heterocycles. The second kappa shape index (κ2) is 28.5. The molecule has 0 radical (unpaired) electrons. The second-order valence-corrected chi connectivity index (χ2v) is 15.0. The van der Waals surface area contributed by atoms with E-state index < -0.39 is 11.4 Å². The molecule has 0 fully saturated rings. The Balaban J connectivity index is 0.000000178. The highest BCUT2D eigenvalue weighted by atomic mass is 35.5. The number of H-pyrrole nitrogens is 1. The molecule has 9 rings (SSSR count). The molecule has 5 aromatic heterocycles. The van der Waals surface area contributed by atoms with E-state index >= 15 is 0 Å². The van der Waals surface area contributed by atoms with Crippen molar-refractivity contribution in [3.05, 3.63) is 180 Å². The van der Waals surface area contributed by atoms with Crippen LogP contribution in [0, 0.1) is 0 Å². The molecule has 0 bridgehead atoms. The fourth-order valence-corrected chi connectivity index (χ4v) is 6.39. The van der Waals surface area contributed by atoms with Crippen molar-refractivity contribution in [3.63, 3.8) is 0 Å². The number of carbonyl (C=O) groups excluding carboxylic acids is 6. The number of esters is 3. The Hall–Kier alpha value is -9.14. The van der Waals surface area contributed by atoms with Gasteiger partial charge in [-0.25, -0.2) is 28.7 Å². The van der Waals surface area contributed by atoms with Crippen LogP contribution in [0.4, 0.5) is 9.59 Å². The molecule has 0 spiro atoms. The Morgan fingerprint density at radius 1 is 0.603 bits per heavy atom. The van der Waals surface area contributed by atoms with Crippen molar-refractivity contribution in [2.24, 2.45) is 5.73 Å². The summed E-state index contributed by atoms with van der Waals surface area (Å²) in [6, 6.07) is 31.0. The topological polar surface area (TPSA) is 267 Å². The van der Waals surface area contributed by atoms with E-state index in [1.54, 1.807) is 137 Å². The summed E-state index contributed by atoms with van der Waals surface area (Å²) < 4.78 is 21.9. The quantitative estimate of drug-likeness (QED) is 0.0655. The monoisotopic (exact) mass is 1010 g/mol. The molecule has 0 saturated heterocycles.